The second-order valence-corrected chi connectivity index (χ2v) is 5.69. The average molecular weight is 315 g/mol. The standard InChI is InChI=1S/C13H12BrFOS/c14-12-8-9(15)3-5-11(12)13(16)6-4-10-2-1-7-17-10/h1-3,5,7-8,13,16H,4,6H2. The lowest BCUT2D eigenvalue weighted by Gasteiger charge is -2.12. The number of hydrogen-bond acceptors (Lipinski definition) is 2. The van der Waals surface area contributed by atoms with E-state index in [-0.39, 0.29) is 5.82 Å². The third-order valence-electron chi connectivity index (χ3n) is 2.57. The molecule has 1 nitrogen and oxygen atoms in total. The van der Waals surface area contributed by atoms with Crippen LogP contribution in [0.15, 0.2) is 40.2 Å². The van der Waals surface area contributed by atoms with E-state index in [9.17, 15) is 9.50 Å². The maximum atomic E-state index is 12.9. The van der Waals surface area contributed by atoms with Crippen molar-refractivity contribution < 1.29 is 9.50 Å². The summed E-state index contributed by atoms with van der Waals surface area (Å²) in [5.74, 6) is -0.300. The van der Waals surface area contributed by atoms with Crippen LogP contribution in [0.2, 0.25) is 0 Å². The zero-order chi connectivity index (χ0) is 12.3. The Morgan fingerprint density at radius 3 is 2.82 bits per heavy atom. The van der Waals surface area contributed by atoms with Crippen LogP contribution in [-0.2, 0) is 6.42 Å². The fraction of sp³-hybridized carbons (Fsp3) is 0.231. The van der Waals surface area contributed by atoms with Gasteiger partial charge >= 0.3 is 0 Å². The van der Waals surface area contributed by atoms with Gasteiger partial charge in [-0.05, 0) is 42.0 Å². The number of aliphatic hydroxyl groups excluding tert-OH is 1. The molecule has 0 spiro atoms. The molecule has 0 aliphatic carbocycles. The molecule has 0 saturated carbocycles. The first-order chi connectivity index (χ1) is 8.16. The van der Waals surface area contributed by atoms with Crippen molar-refractivity contribution in [2.24, 2.45) is 0 Å². The monoisotopic (exact) mass is 314 g/mol. The molecule has 1 aromatic heterocycles. The Balaban J connectivity index is 2.01. The summed E-state index contributed by atoms with van der Waals surface area (Å²) in [5, 5.41) is 12.1. The molecule has 0 saturated heterocycles. The molecule has 0 aliphatic heterocycles. The van der Waals surface area contributed by atoms with E-state index in [1.807, 2.05) is 11.4 Å². The Bertz CT molecular complexity index is 484. The molecule has 0 amide bonds. The first-order valence-electron chi connectivity index (χ1n) is 5.32. The Kier molecular flexibility index (Phi) is 4.31. The second-order valence-electron chi connectivity index (χ2n) is 3.80. The molecule has 4 heteroatoms. The summed E-state index contributed by atoms with van der Waals surface area (Å²) in [4.78, 5) is 1.25. The van der Waals surface area contributed by atoms with Gasteiger partial charge in [-0.15, -0.1) is 11.3 Å². The van der Waals surface area contributed by atoms with Gasteiger partial charge in [0.05, 0.1) is 6.10 Å². The molecule has 90 valence electrons. The highest BCUT2D eigenvalue weighted by Gasteiger charge is 2.12. The first kappa shape index (κ1) is 12.7. The van der Waals surface area contributed by atoms with E-state index >= 15 is 0 Å². The van der Waals surface area contributed by atoms with Gasteiger partial charge in [-0.1, -0.05) is 28.1 Å². The van der Waals surface area contributed by atoms with E-state index in [0.717, 1.165) is 12.0 Å². The quantitative estimate of drug-likeness (QED) is 0.891. The van der Waals surface area contributed by atoms with Gasteiger partial charge in [0.1, 0.15) is 5.82 Å². The minimum atomic E-state index is -0.563. The fourth-order valence-corrected chi connectivity index (χ4v) is 3.00. The van der Waals surface area contributed by atoms with Gasteiger partial charge in [0.2, 0.25) is 0 Å². The molecule has 2 aromatic rings. The van der Waals surface area contributed by atoms with Crippen LogP contribution in [0.1, 0.15) is 23.0 Å². The molecule has 0 aliphatic rings. The van der Waals surface area contributed by atoms with Gasteiger partial charge in [-0.25, -0.2) is 4.39 Å². The van der Waals surface area contributed by atoms with Gasteiger partial charge in [-0.3, -0.25) is 0 Å². The van der Waals surface area contributed by atoms with Crippen molar-refractivity contribution in [1.82, 2.24) is 0 Å². The average Bonchev–Trinajstić information content (AvgIpc) is 2.78. The van der Waals surface area contributed by atoms with E-state index in [1.165, 1.54) is 17.0 Å². The smallest absolute Gasteiger partial charge is 0.124 e. The zero-order valence-corrected chi connectivity index (χ0v) is 11.5. The summed E-state index contributed by atoms with van der Waals surface area (Å²) in [6.45, 7) is 0. The summed E-state index contributed by atoms with van der Waals surface area (Å²) in [6, 6.07) is 8.42. The maximum absolute atomic E-state index is 12.9. The van der Waals surface area contributed by atoms with Crippen molar-refractivity contribution in [3.05, 3.63) is 56.4 Å². The Morgan fingerprint density at radius 2 is 2.18 bits per heavy atom. The SMILES string of the molecule is OC(CCc1cccs1)c1ccc(F)cc1Br. The summed E-state index contributed by atoms with van der Waals surface area (Å²) in [7, 11) is 0. The number of aryl methyl sites for hydroxylation is 1. The summed E-state index contributed by atoms with van der Waals surface area (Å²) < 4.78 is 13.5. The molecular formula is C13H12BrFOS. The van der Waals surface area contributed by atoms with Crippen molar-refractivity contribution in [3.8, 4) is 0 Å². The largest absolute Gasteiger partial charge is 0.388 e. The fourth-order valence-electron chi connectivity index (χ4n) is 1.66. The normalized spacial score (nSPS) is 12.6. The summed E-state index contributed by atoms with van der Waals surface area (Å²) in [5.41, 5.74) is 0.739. The van der Waals surface area contributed by atoms with Crippen LogP contribution in [0.3, 0.4) is 0 Å². The Labute approximate surface area is 112 Å². The van der Waals surface area contributed by atoms with Crippen LogP contribution in [0.25, 0.3) is 0 Å². The predicted molar refractivity (Wildman–Crippen MR) is 71.7 cm³/mol. The number of hydrogen-bond donors (Lipinski definition) is 1. The third kappa shape index (κ3) is 3.37. The topological polar surface area (TPSA) is 20.2 Å². The van der Waals surface area contributed by atoms with Crippen LogP contribution in [0, 0.1) is 5.82 Å². The van der Waals surface area contributed by atoms with E-state index in [0.29, 0.717) is 10.9 Å². The summed E-state index contributed by atoms with van der Waals surface area (Å²) >= 11 is 4.95. The number of thiophene rings is 1. The van der Waals surface area contributed by atoms with Gasteiger partial charge in [0, 0.05) is 9.35 Å². The number of benzene rings is 1. The van der Waals surface area contributed by atoms with Crippen LogP contribution in [-0.4, -0.2) is 5.11 Å². The number of aliphatic hydroxyl groups is 1. The number of halogens is 2. The van der Waals surface area contributed by atoms with Gasteiger partial charge in [0.25, 0.3) is 0 Å². The summed E-state index contributed by atoms with van der Waals surface area (Å²) in [6.07, 6.45) is 0.917. The lowest BCUT2D eigenvalue weighted by molar-refractivity contribution is 0.167. The molecule has 1 atom stereocenters. The Hall–Kier alpha value is -0.710. The first-order valence-corrected chi connectivity index (χ1v) is 6.99. The molecule has 0 bridgehead atoms. The van der Waals surface area contributed by atoms with Crippen LogP contribution in [0.4, 0.5) is 4.39 Å². The zero-order valence-electron chi connectivity index (χ0n) is 9.07. The minimum absolute atomic E-state index is 0.300. The van der Waals surface area contributed by atoms with Crippen molar-refractivity contribution in [3.63, 3.8) is 0 Å². The van der Waals surface area contributed by atoms with E-state index in [2.05, 4.69) is 22.0 Å². The lowest BCUT2D eigenvalue weighted by Crippen LogP contribution is -2.00. The highest BCUT2D eigenvalue weighted by Crippen LogP contribution is 2.27. The molecule has 17 heavy (non-hydrogen) atoms. The van der Waals surface area contributed by atoms with Gasteiger partial charge in [0.15, 0.2) is 0 Å². The van der Waals surface area contributed by atoms with Crippen molar-refractivity contribution >= 4 is 27.3 Å². The molecule has 0 fully saturated rings. The highest BCUT2D eigenvalue weighted by atomic mass is 79.9. The lowest BCUT2D eigenvalue weighted by atomic mass is 10.0. The van der Waals surface area contributed by atoms with Gasteiger partial charge in [-0.2, -0.15) is 0 Å². The molecule has 1 aromatic carbocycles. The van der Waals surface area contributed by atoms with Crippen LogP contribution in [0.5, 0.6) is 0 Å². The van der Waals surface area contributed by atoms with Crippen LogP contribution < -0.4 is 0 Å². The molecule has 1 N–H and O–H groups in total. The highest BCUT2D eigenvalue weighted by molar-refractivity contribution is 9.10. The third-order valence-corrected chi connectivity index (χ3v) is 4.19. The predicted octanol–water partition coefficient (Wildman–Crippen LogP) is 4.32. The molecular weight excluding hydrogens is 303 g/mol. The molecule has 1 heterocycles. The Morgan fingerprint density at radius 1 is 1.35 bits per heavy atom. The van der Waals surface area contributed by atoms with Gasteiger partial charge < -0.3 is 5.11 Å². The molecule has 1 unspecified atom stereocenters. The minimum Gasteiger partial charge on any atom is -0.388 e. The molecule has 2 rings (SSSR count). The van der Waals surface area contributed by atoms with E-state index < -0.39 is 6.10 Å². The van der Waals surface area contributed by atoms with E-state index in [1.54, 1.807) is 17.4 Å². The van der Waals surface area contributed by atoms with Crippen molar-refractivity contribution in [2.75, 3.05) is 0 Å². The number of rotatable bonds is 4. The van der Waals surface area contributed by atoms with Crippen LogP contribution >= 0.6 is 27.3 Å². The maximum Gasteiger partial charge on any atom is 0.124 e. The van der Waals surface area contributed by atoms with Crippen molar-refractivity contribution in [1.29, 1.82) is 0 Å². The van der Waals surface area contributed by atoms with E-state index in [4.69, 9.17) is 0 Å². The molecule has 0 radical (unpaired) electrons. The second kappa shape index (κ2) is 5.76. The van der Waals surface area contributed by atoms with Crippen molar-refractivity contribution in [2.45, 2.75) is 18.9 Å².